The van der Waals surface area contributed by atoms with Crippen molar-refractivity contribution < 1.29 is 22.5 Å². The van der Waals surface area contributed by atoms with Crippen LogP contribution in [-0.4, -0.2) is 40.1 Å². The average molecular weight is 674 g/mol. The average Bonchev–Trinajstić information content (AvgIpc) is 2.99. The number of sulfonamides is 1. The molecule has 4 rings (SSSR count). The smallest absolute Gasteiger partial charge is 0.359 e. The lowest BCUT2D eigenvalue weighted by Crippen LogP contribution is -2.44. The summed E-state index contributed by atoms with van der Waals surface area (Å²) in [6.07, 6.45) is 1.12. The summed E-state index contributed by atoms with van der Waals surface area (Å²) in [7, 11) is -2.64. The number of hydrogen-bond donors (Lipinski definition) is 0. The molecule has 0 radical (unpaired) electrons. The zero-order valence-electron chi connectivity index (χ0n) is 25.9. The highest BCUT2D eigenvalue weighted by atomic mass is 79.9. The second kappa shape index (κ2) is 15.0. The van der Waals surface area contributed by atoms with Crippen LogP contribution in [0.25, 0.3) is 0 Å². The van der Waals surface area contributed by atoms with Crippen LogP contribution in [0.3, 0.4) is 0 Å². The molecule has 0 aliphatic rings. The van der Waals surface area contributed by atoms with E-state index in [9.17, 15) is 8.42 Å². The Morgan fingerprint density at radius 2 is 1.43 bits per heavy atom. The summed E-state index contributed by atoms with van der Waals surface area (Å²) in [5, 5.41) is 0. The van der Waals surface area contributed by atoms with Crippen molar-refractivity contribution in [2.75, 3.05) is 13.7 Å². The number of benzene rings is 4. The van der Waals surface area contributed by atoms with Gasteiger partial charge in [0.1, 0.15) is 27.9 Å². The van der Waals surface area contributed by atoms with Crippen molar-refractivity contribution in [3.63, 3.8) is 0 Å². The number of aryl methyl sites for hydroxylation is 2. The van der Waals surface area contributed by atoms with Crippen LogP contribution >= 0.6 is 15.9 Å². The van der Waals surface area contributed by atoms with E-state index in [1.54, 1.807) is 18.2 Å². The van der Waals surface area contributed by atoms with Crippen molar-refractivity contribution in [3.05, 3.63) is 130 Å². The Balaban J connectivity index is 1.77. The summed E-state index contributed by atoms with van der Waals surface area (Å²) in [5.41, 5.74) is 3.97. The van der Waals surface area contributed by atoms with E-state index in [4.69, 9.17) is 14.1 Å². The van der Waals surface area contributed by atoms with E-state index in [-0.39, 0.29) is 24.1 Å². The summed E-state index contributed by atoms with van der Waals surface area (Å²) in [4.78, 5) is 0.0196. The molecule has 4 aromatic carbocycles. The van der Waals surface area contributed by atoms with Gasteiger partial charge in [-0.3, -0.25) is 0 Å². The first kappa shape index (κ1) is 33.4. The molecule has 44 heavy (non-hydrogen) atoms. The van der Waals surface area contributed by atoms with Gasteiger partial charge in [0.15, 0.2) is 0 Å². The molecule has 0 bridgehead atoms. The van der Waals surface area contributed by atoms with Gasteiger partial charge in [0.05, 0.1) is 13.7 Å². The van der Waals surface area contributed by atoms with E-state index >= 15 is 0 Å². The van der Waals surface area contributed by atoms with Crippen LogP contribution in [0.15, 0.2) is 113 Å². The fourth-order valence-electron chi connectivity index (χ4n) is 5.13. The lowest BCUT2D eigenvalue weighted by molar-refractivity contribution is 0.275. The molecule has 6 nitrogen and oxygen atoms in total. The van der Waals surface area contributed by atoms with Crippen LogP contribution < -0.4 is 9.39 Å². The van der Waals surface area contributed by atoms with Gasteiger partial charge in [-0.15, -0.1) is 0 Å². The molecule has 0 N–H and O–H groups in total. The summed E-state index contributed by atoms with van der Waals surface area (Å²) in [6.45, 7) is 11.0. The number of nitrogens with zero attached hydrogens (tertiary/aromatic N) is 1. The predicted molar refractivity (Wildman–Crippen MR) is 184 cm³/mol. The van der Waals surface area contributed by atoms with E-state index in [1.807, 2.05) is 100 Å². The van der Waals surface area contributed by atoms with Crippen LogP contribution in [0.2, 0.25) is 13.6 Å². The minimum atomic E-state index is -4.14. The highest BCUT2D eigenvalue weighted by Crippen LogP contribution is 2.37. The van der Waals surface area contributed by atoms with Gasteiger partial charge in [0.2, 0.25) is 16.9 Å². The van der Waals surface area contributed by atoms with Crippen molar-refractivity contribution in [3.8, 4) is 17.2 Å². The Labute approximate surface area is 271 Å². The second-order valence-corrected chi connectivity index (χ2v) is 13.8. The summed E-state index contributed by atoms with van der Waals surface area (Å²) in [6, 6.07) is 28.7. The van der Waals surface area contributed by atoms with Crippen molar-refractivity contribution >= 4 is 39.7 Å². The second-order valence-electron chi connectivity index (χ2n) is 11.0. The van der Waals surface area contributed by atoms with Crippen LogP contribution in [0.1, 0.15) is 22.3 Å². The minimum Gasteiger partial charge on any atom is -0.560 e. The van der Waals surface area contributed by atoms with E-state index in [2.05, 4.69) is 22.5 Å². The molecular formula is C34H38B2BrNO5S. The van der Waals surface area contributed by atoms with E-state index in [1.165, 1.54) is 11.3 Å². The number of ether oxygens (including phenoxy) is 2. The number of methoxy groups -OCH3 is 1. The van der Waals surface area contributed by atoms with Crippen LogP contribution in [-0.2, 0) is 27.4 Å². The molecule has 10 heteroatoms. The Morgan fingerprint density at radius 3 is 2.00 bits per heavy atom. The summed E-state index contributed by atoms with van der Waals surface area (Å²) >= 11 is 3.53. The molecule has 0 unspecified atom stereocenters. The number of rotatable bonds is 14. The fourth-order valence-corrected chi connectivity index (χ4v) is 7.57. The molecular weight excluding hydrogens is 636 g/mol. The topological polar surface area (TPSA) is 65.1 Å². The Bertz CT molecular complexity index is 1660. The zero-order chi connectivity index (χ0) is 31.9. The van der Waals surface area contributed by atoms with Gasteiger partial charge in [-0.25, -0.2) is 12.6 Å². The van der Waals surface area contributed by atoms with Gasteiger partial charge >= 0.3 is 6.92 Å². The molecule has 0 amide bonds. The maximum absolute atomic E-state index is 14.6. The molecule has 4 aromatic rings. The highest BCUT2D eigenvalue weighted by molar-refractivity contribution is 9.10. The SMILES string of the molecule is C=C(CN(B(C)Cc1ccccc1)S(=O)(=O)c1cc(Oc2c(C)cc(Br)cc2C)ccc1OB(C)Cc1ccccc1)OC. The van der Waals surface area contributed by atoms with Gasteiger partial charge in [0, 0.05) is 10.5 Å². The molecule has 0 saturated carbocycles. The molecule has 0 atom stereocenters. The molecule has 0 aromatic heterocycles. The third kappa shape index (κ3) is 8.58. The van der Waals surface area contributed by atoms with Crippen LogP contribution in [0, 0.1) is 13.8 Å². The first-order chi connectivity index (χ1) is 21.0. The predicted octanol–water partition coefficient (Wildman–Crippen LogP) is 8.19. The molecule has 0 spiro atoms. The van der Waals surface area contributed by atoms with Gasteiger partial charge in [-0.2, -0.15) is 0 Å². The first-order valence-corrected chi connectivity index (χ1v) is 16.8. The van der Waals surface area contributed by atoms with Gasteiger partial charge in [-0.05, 0) is 68.7 Å². The van der Waals surface area contributed by atoms with Crippen molar-refractivity contribution in [2.24, 2.45) is 0 Å². The van der Waals surface area contributed by atoms with Crippen LogP contribution in [0.5, 0.6) is 17.2 Å². The minimum absolute atomic E-state index is 0.0120. The summed E-state index contributed by atoms with van der Waals surface area (Å²) in [5.74, 6) is 1.65. The monoisotopic (exact) mass is 673 g/mol. The van der Waals surface area contributed by atoms with E-state index < -0.39 is 16.9 Å². The van der Waals surface area contributed by atoms with E-state index in [0.29, 0.717) is 29.9 Å². The standard InChI is InChI=1S/C34H38B2BrNO5S/c1-25-19-30(37)20-26(2)34(25)42-31-17-18-32(43-36(5)23-29-15-11-8-12-16-29)33(21-31)44(39,40)38(24-27(3)41-6)35(4)22-28-13-9-7-10-14-28/h7-21H,3,22-24H2,1-2,4-6H3. The maximum atomic E-state index is 14.6. The Morgan fingerprint density at radius 1 is 0.864 bits per heavy atom. The van der Waals surface area contributed by atoms with Crippen LogP contribution in [0.4, 0.5) is 0 Å². The third-order valence-electron chi connectivity index (χ3n) is 7.33. The fraction of sp³-hybridized carbons (Fsp3) is 0.235. The number of hydrogen-bond acceptors (Lipinski definition) is 5. The summed E-state index contributed by atoms with van der Waals surface area (Å²) < 4.78 is 49.7. The molecule has 0 aliphatic heterocycles. The normalized spacial score (nSPS) is 11.2. The lowest BCUT2D eigenvalue weighted by atomic mass is 9.60. The van der Waals surface area contributed by atoms with Crippen molar-refractivity contribution in [1.29, 1.82) is 0 Å². The van der Waals surface area contributed by atoms with Gasteiger partial charge < -0.3 is 14.1 Å². The van der Waals surface area contributed by atoms with E-state index in [0.717, 1.165) is 26.7 Å². The van der Waals surface area contributed by atoms with Crippen molar-refractivity contribution in [1.82, 2.24) is 4.22 Å². The third-order valence-corrected chi connectivity index (χ3v) is 9.77. The quantitative estimate of drug-likeness (QED) is 0.0998. The maximum Gasteiger partial charge on any atom is 0.359 e. The zero-order valence-corrected chi connectivity index (χ0v) is 28.3. The van der Waals surface area contributed by atoms with Gasteiger partial charge in [0.25, 0.3) is 0 Å². The largest absolute Gasteiger partial charge is 0.560 e. The highest BCUT2D eigenvalue weighted by Gasteiger charge is 2.35. The molecule has 0 fully saturated rings. The number of halogens is 1. The first-order valence-electron chi connectivity index (χ1n) is 14.5. The Kier molecular flexibility index (Phi) is 11.4. The molecule has 0 aliphatic carbocycles. The lowest BCUT2D eigenvalue weighted by Gasteiger charge is -2.28. The van der Waals surface area contributed by atoms with Crippen molar-refractivity contribution in [2.45, 2.75) is 45.0 Å². The molecule has 0 saturated heterocycles. The van der Waals surface area contributed by atoms with Gasteiger partial charge in [-0.1, -0.05) is 101 Å². The molecule has 0 heterocycles. The Hall–Kier alpha value is -3.46. The molecule has 228 valence electrons.